The van der Waals surface area contributed by atoms with E-state index >= 15 is 0 Å². The Morgan fingerprint density at radius 2 is 2.16 bits per heavy atom. The van der Waals surface area contributed by atoms with Gasteiger partial charge in [0.2, 0.25) is 5.95 Å². The smallest absolute Gasteiger partial charge is 0.243 e. The molecule has 1 unspecified atom stereocenters. The predicted octanol–water partition coefficient (Wildman–Crippen LogP) is 2.61. The molecule has 96 valence electrons. The highest BCUT2D eigenvalue weighted by atomic mass is 15.3. The summed E-state index contributed by atoms with van der Waals surface area (Å²) in [5, 5.41) is 7.70. The molecule has 3 aromatic heterocycles. The minimum Gasteiger partial charge on any atom is -0.346 e. The second kappa shape index (κ2) is 4.68. The molecule has 0 saturated heterocycles. The lowest BCUT2D eigenvalue weighted by molar-refractivity contribution is 0.846. The van der Waals surface area contributed by atoms with Gasteiger partial charge < -0.3 is 5.32 Å². The normalized spacial score (nSPS) is 12.5. The number of pyridine rings is 2. The summed E-state index contributed by atoms with van der Waals surface area (Å²) in [5.74, 6) is 0.630. The minimum atomic E-state index is 0.117. The molecule has 0 radical (unpaired) electrons. The summed E-state index contributed by atoms with van der Waals surface area (Å²) in [6, 6.07) is 8.07. The number of fused-ring (bicyclic) bond motifs is 1. The van der Waals surface area contributed by atoms with Gasteiger partial charge in [-0.25, -0.2) is 4.52 Å². The van der Waals surface area contributed by atoms with Crippen LogP contribution in [0.1, 0.15) is 24.1 Å². The standard InChI is InChI=1S/C14H15N5/c1-10-5-4-8-19-13(10)17-14(18-19)16-11(2)12-6-3-7-15-9-12/h3-9,11H,1-2H3,(H,16,18). The van der Waals surface area contributed by atoms with Crippen molar-refractivity contribution in [2.45, 2.75) is 19.9 Å². The molecule has 19 heavy (non-hydrogen) atoms. The van der Waals surface area contributed by atoms with Crippen molar-refractivity contribution < 1.29 is 0 Å². The van der Waals surface area contributed by atoms with Gasteiger partial charge >= 0.3 is 0 Å². The highest BCUT2D eigenvalue weighted by molar-refractivity contribution is 5.50. The first-order chi connectivity index (χ1) is 9.24. The molecule has 0 saturated carbocycles. The summed E-state index contributed by atoms with van der Waals surface area (Å²) in [6.07, 6.45) is 5.51. The number of nitrogens with zero attached hydrogens (tertiary/aromatic N) is 4. The van der Waals surface area contributed by atoms with Gasteiger partial charge in [-0.2, -0.15) is 4.98 Å². The fraction of sp³-hybridized carbons (Fsp3) is 0.214. The van der Waals surface area contributed by atoms with Gasteiger partial charge in [-0.1, -0.05) is 12.1 Å². The van der Waals surface area contributed by atoms with E-state index in [9.17, 15) is 0 Å². The summed E-state index contributed by atoms with van der Waals surface area (Å²) in [7, 11) is 0. The Kier molecular flexibility index (Phi) is 2.87. The number of rotatable bonds is 3. The molecular formula is C14H15N5. The van der Waals surface area contributed by atoms with Gasteiger partial charge in [0.1, 0.15) is 0 Å². The van der Waals surface area contributed by atoms with Crippen LogP contribution in [0.3, 0.4) is 0 Å². The van der Waals surface area contributed by atoms with Crippen molar-refractivity contribution in [2.75, 3.05) is 5.32 Å². The monoisotopic (exact) mass is 253 g/mol. The summed E-state index contributed by atoms with van der Waals surface area (Å²) >= 11 is 0. The van der Waals surface area contributed by atoms with E-state index in [1.165, 1.54) is 0 Å². The Morgan fingerprint density at radius 3 is 2.89 bits per heavy atom. The van der Waals surface area contributed by atoms with E-state index in [0.29, 0.717) is 5.95 Å². The Hall–Kier alpha value is -2.43. The number of anilines is 1. The maximum atomic E-state index is 4.50. The lowest BCUT2D eigenvalue weighted by atomic mass is 10.1. The summed E-state index contributed by atoms with van der Waals surface area (Å²) in [5.41, 5.74) is 3.10. The summed E-state index contributed by atoms with van der Waals surface area (Å²) in [6.45, 7) is 4.09. The zero-order valence-corrected chi connectivity index (χ0v) is 10.9. The van der Waals surface area contributed by atoms with Crippen molar-refractivity contribution in [1.29, 1.82) is 0 Å². The predicted molar refractivity (Wildman–Crippen MR) is 74.0 cm³/mol. The Bertz CT molecular complexity index is 689. The quantitative estimate of drug-likeness (QED) is 0.779. The number of nitrogens with one attached hydrogen (secondary N) is 1. The number of hydrogen-bond acceptors (Lipinski definition) is 4. The van der Waals surface area contributed by atoms with Crippen molar-refractivity contribution in [1.82, 2.24) is 19.6 Å². The second-order valence-electron chi connectivity index (χ2n) is 4.55. The first-order valence-electron chi connectivity index (χ1n) is 6.22. The topological polar surface area (TPSA) is 55.1 Å². The van der Waals surface area contributed by atoms with Crippen LogP contribution in [0.5, 0.6) is 0 Å². The lowest BCUT2D eigenvalue weighted by Crippen LogP contribution is -2.08. The van der Waals surface area contributed by atoms with Gasteiger partial charge in [-0.3, -0.25) is 4.98 Å². The van der Waals surface area contributed by atoms with Crippen molar-refractivity contribution in [3.05, 3.63) is 54.0 Å². The zero-order valence-electron chi connectivity index (χ0n) is 10.9. The molecule has 1 atom stereocenters. The van der Waals surface area contributed by atoms with E-state index in [1.54, 1.807) is 10.7 Å². The molecule has 0 aliphatic carbocycles. The molecule has 0 aromatic carbocycles. The molecule has 5 nitrogen and oxygen atoms in total. The summed E-state index contributed by atoms with van der Waals surface area (Å²) < 4.78 is 1.79. The Labute approximate surface area is 111 Å². The molecule has 0 aliphatic rings. The van der Waals surface area contributed by atoms with Crippen LogP contribution in [0.4, 0.5) is 5.95 Å². The first kappa shape index (κ1) is 11.6. The van der Waals surface area contributed by atoms with E-state index in [0.717, 1.165) is 16.8 Å². The maximum Gasteiger partial charge on any atom is 0.243 e. The molecule has 3 rings (SSSR count). The van der Waals surface area contributed by atoms with Crippen LogP contribution in [0.15, 0.2) is 42.9 Å². The molecule has 0 fully saturated rings. The molecule has 0 spiro atoms. The van der Waals surface area contributed by atoms with Crippen LogP contribution in [-0.2, 0) is 0 Å². The fourth-order valence-electron chi connectivity index (χ4n) is 2.01. The van der Waals surface area contributed by atoms with Gasteiger partial charge in [-0.05, 0) is 37.1 Å². The SMILES string of the molecule is Cc1cccn2nc(NC(C)c3cccnc3)nc12. The third-order valence-corrected chi connectivity index (χ3v) is 3.09. The van der Waals surface area contributed by atoms with Crippen LogP contribution < -0.4 is 5.32 Å². The summed E-state index contributed by atoms with van der Waals surface area (Å²) in [4.78, 5) is 8.62. The molecular weight excluding hydrogens is 238 g/mol. The van der Waals surface area contributed by atoms with Crippen LogP contribution in [0.25, 0.3) is 5.65 Å². The second-order valence-corrected chi connectivity index (χ2v) is 4.55. The van der Waals surface area contributed by atoms with Gasteiger partial charge in [0.05, 0.1) is 6.04 Å². The molecule has 0 bridgehead atoms. The third kappa shape index (κ3) is 2.27. The van der Waals surface area contributed by atoms with Crippen LogP contribution in [-0.4, -0.2) is 19.6 Å². The highest BCUT2D eigenvalue weighted by Crippen LogP contribution is 2.17. The van der Waals surface area contributed by atoms with Gasteiger partial charge in [0.15, 0.2) is 5.65 Å². The molecule has 1 N–H and O–H groups in total. The lowest BCUT2D eigenvalue weighted by Gasteiger charge is -2.11. The Morgan fingerprint density at radius 1 is 1.26 bits per heavy atom. The maximum absolute atomic E-state index is 4.50. The van der Waals surface area contributed by atoms with Crippen molar-refractivity contribution in [3.63, 3.8) is 0 Å². The molecule has 0 amide bonds. The van der Waals surface area contributed by atoms with E-state index < -0.39 is 0 Å². The molecule has 3 heterocycles. The molecule has 0 aliphatic heterocycles. The Balaban J connectivity index is 1.88. The third-order valence-electron chi connectivity index (χ3n) is 3.09. The average Bonchev–Trinajstić information content (AvgIpc) is 2.84. The van der Waals surface area contributed by atoms with Crippen molar-refractivity contribution in [3.8, 4) is 0 Å². The van der Waals surface area contributed by atoms with Crippen LogP contribution in [0, 0.1) is 6.92 Å². The van der Waals surface area contributed by atoms with Gasteiger partial charge in [0.25, 0.3) is 0 Å². The van der Waals surface area contributed by atoms with Crippen molar-refractivity contribution >= 4 is 11.6 Å². The number of aryl methyl sites for hydroxylation is 1. The van der Waals surface area contributed by atoms with E-state index in [2.05, 4.69) is 27.3 Å². The van der Waals surface area contributed by atoms with E-state index in [1.807, 2.05) is 43.6 Å². The van der Waals surface area contributed by atoms with Crippen molar-refractivity contribution in [2.24, 2.45) is 0 Å². The van der Waals surface area contributed by atoms with E-state index in [4.69, 9.17) is 0 Å². The van der Waals surface area contributed by atoms with Crippen LogP contribution >= 0.6 is 0 Å². The number of hydrogen-bond donors (Lipinski definition) is 1. The van der Waals surface area contributed by atoms with Gasteiger partial charge in [-0.15, -0.1) is 5.10 Å². The minimum absolute atomic E-state index is 0.117. The van der Waals surface area contributed by atoms with Gasteiger partial charge in [0, 0.05) is 18.6 Å². The van der Waals surface area contributed by atoms with E-state index in [-0.39, 0.29) is 6.04 Å². The zero-order chi connectivity index (χ0) is 13.2. The largest absolute Gasteiger partial charge is 0.346 e. The average molecular weight is 253 g/mol. The van der Waals surface area contributed by atoms with Crippen LogP contribution in [0.2, 0.25) is 0 Å². The molecule has 5 heteroatoms. The molecule has 3 aromatic rings. The highest BCUT2D eigenvalue weighted by Gasteiger charge is 2.10. The first-order valence-corrected chi connectivity index (χ1v) is 6.22. The fourth-order valence-corrected chi connectivity index (χ4v) is 2.01. The number of aromatic nitrogens is 4.